The third kappa shape index (κ3) is 0.735. The second kappa shape index (κ2) is 1.62. The molecule has 2 heteroatoms. The van der Waals surface area contributed by atoms with E-state index in [0.717, 1.165) is 5.57 Å². The number of ether oxygens (including phenoxy) is 1. The molecule has 1 aliphatic rings. The highest BCUT2D eigenvalue weighted by molar-refractivity contribution is 5.90. The van der Waals surface area contributed by atoms with Crippen molar-refractivity contribution in [3.63, 3.8) is 0 Å². The molecular weight excluding hydrogens is 104 g/mol. The quantitative estimate of drug-likeness (QED) is 0.435. The monoisotopic (exact) mass is 112 g/mol. The lowest BCUT2D eigenvalue weighted by molar-refractivity contribution is -0.138. The smallest absolute Gasteiger partial charge is 0.334 e. The first kappa shape index (κ1) is 5.35. The van der Waals surface area contributed by atoms with E-state index in [1.54, 1.807) is 6.92 Å². The Morgan fingerprint density at radius 2 is 2.38 bits per heavy atom. The number of cyclic esters (lactones) is 1. The molecule has 0 aromatic carbocycles. The Bertz CT molecular complexity index is 147. The zero-order chi connectivity index (χ0) is 6.15. The van der Waals surface area contributed by atoms with Crippen LogP contribution in [0.3, 0.4) is 0 Å². The molecule has 0 aliphatic carbocycles. The number of hydrogen-bond donors (Lipinski definition) is 0. The largest absolute Gasteiger partial charge is 0.455 e. The van der Waals surface area contributed by atoms with Crippen LogP contribution in [0.5, 0.6) is 0 Å². The molecule has 0 aromatic rings. The third-order valence-corrected chi connectivity index (χ3v) is 1.10. The fraction of sp³-hybridized carbons (Fsp3) is 0.500. The second-order valence-electron chi connectivity index (χ2n) is 1.96. The van der Waals surface area contributed by atoms with Crippen LogP contribution >= 0.6 is 0 Å². The van der Waals surface area contributed by atoms with E-state index in [1.807, 2.05) is 13.0 Å². The average Bonchev–Trinajstić information content (AvgIpc) is 1.85. The van der Waals surface area contributed by atoms with Gasteiger partial charge in [-0.15, -0.1) is 0 Å². The molecule has 1 rings (SSSR count). The Morgan fingerprint density at radius 3 is 2.50 bits per heavy atom. The van der Waals surface area contributed by atoms with Crippen molar-refractivity contribution in [1.29, 1.82) is 0 Å². The number of rotatable bonds is 0. The Balaban J connectivity index is 2.73. The first-order valence-electron chi connectivity index (χ1n) is 2.59. The van der Waals surface area contributed by atoms with Crippen LogP contribution in [0.4, 0.5) is 0 Å². The van der Waals surface area contributed by atoms with Gasteiger partial charge < -0.3 is 4.74 Å². The van der Waals surface area contributed by atoms with Crippen LogP contribution < -0.4 is 0 Å². The molecule has 1 heterocycles. The summed E-state index contributed by atoms with van der Waals surface area (Å²) in [7, 11) is 0. The van der Waals surface area contributed by atoms with Crippen molar-refractivity contribution < 1.29 is 9.53 Å². The molecular formula is C6H8O2. The normalized spacial score (nSPS) is 27.5. The summed E-state index contributed by atoms with van der Waals surface area (Å²) >= 11 is 0. The molecule has 2 nitrogen and oxygen atoms in total. The maximum atomic E-state index is 10.5. The molecule has 0 spiro atoms. The van der Waals surface area contributed by atoms with Gasteiger partial charge in [0, 0.05) is 5.57 Å². The molecule has 0 saturated carbocycles. The highest BCUT2D eigenvalue weighted by Crippen LogP contribution is 2.10. The van der Waals surface area contributed by atoms with Gasteiger partial charge in [0.05, 0.1) is 0 Å². The summed E-state index contributed by atoms with van der Waals surface area (Å²) in [5.74, 6) is -0.183. The topological polar surface area (TPSA) is 26.3 Å². The summed E-state index contributed by atoms with van der Waals surface area (Å²) in [5, 5.41) is 0. The lowest BCUT2D eigenvalue weighted by Gasteiger charge is -1.96. The summed E-state index contributed by atoms with van der Waals surface area (Å²) in [6.07, 6.45) is 1.80. The van der Waals surface area contributed by atoms with E-state index in [4.69, 9.17) is 4.74 Å². The van der Waals surface area contributed by atoms with E-state index in [1.165, 1.54) is 0 Å². The van der Waals surface area contributed by atoms with Gasteiger partial charge in [-0.1, -0.05) is 0 Å². The van der Waals surface area contributed by atoms with Crippen LogP contribution in [-0.2, 0) is 9.53 Å². The Kier molecular flexibility index (Phi) is 1.08. The predicted octanol–water partition coefficient (Wildman–Crippen LogP) is 0.878. The van der Waals surface area contributed by atoms with Gasteiger partial charge in [-0.05, 0) is 19.9 Å². The van der Waals surface area contributed by atoms with Crippen LogP contribution in [0.2, 0.25) is 0 Å². The van der Waals surface area contributed by atoms with E-state index in [-0.39, 0.29) is 12.1 Å². The van der Waals surface area contributed by atoms with Gasteiger partial charge in [0.1, 0.15) is 6.10 Å². The maximum Gasteiger partial charge on any atom is 0.334 e. The van der Waals surface area contributed by atoms with Gasteiger partial charge in [0.2, 0.25) is 0 Å². The molecule has 0 fully saturated rings. The minimum Gasteiger partial charge on any atom is -0.455 e. The lowest BCUT2D eigenvalue weighted by Crippen LogP contribution is -2.02. The van der Waals surface area contributed by atoms with Crippen molar-refractivity contribution >= 4 is 5.97 Å². The molecule has 0 aromatic heterocycles. The van der Waals surface area contributed by atoms with E-state index in [0.29, 0.717) is 0 Å². The molecule has 1 atom stereocenters. The van der Waals surface area contributed by atoms with Crippen LogP contribution in [0.1, 0.15) is 13.8 Å². The van der Waals surface area contributed by atoms with E-state index >= 15 is 0 Å². The van der Waals surface area contributed by atoms with E-state index < -0.39 is 0 Å². The number of carbonyl (C=O) groups excluding carboxylic acids is 1. The molecule has 0 saturated heterocycles. The van der Waals surface area contributed by atoms with Gasteiger partial charge in [-0.3, -0.25) is 0 Å². The summed E-state index contributed by atoms with van der Waals surface area (Å²) < 4.78 is 4.74. The molecule has 0 N–H and O–H groups in total. The molecule has 44 valence electrons. The lowest BCUT2D eigenvalue weighted by atomic mass is 10.3. The first-order chi connectivity index (χ1) is 3.70. The maximum absolute atomic E-state index is 10.5. The Morgan fingerprint density at radius 1 is 1.75 bits per heavy atom. The average molecular weight is 112 g/mol. The van der Waals surface area contributed by atoms with E-state index in [9.17, 15) is 4.79 Å². The second-order valence-corrected chi connectivity index (χ2v) is 1.96. The van der Waals surface area contributed by atoms with Gasteiger partial charge in [0.15, 0.2) is 0 Å². The third-order valence-electron chi connectivity index (χ3n) is 1.10. The van der Waals surface area contributed by atoms with Crippen molar-refractivity contribution in [2.75, 3.05) is 0 Å². The summed E-state index contributed by atoms with van der Waals surface area (Å²) in [6.45, 7) is 3.60. The minimum atomic E-state index is -0.183. The molecule has 0 amide bonds. The Labute approximate surface area is 48.1 Å². The van der Waals surface area contributed by atoms with Crippen LogP contribution in [0.25, 0.3) is 0 Å². The van der Waals surface area contributed by atoms with Gasteiger partial charge in [-0.25, -0.2) is 4.79 Å². The fourth-order valence-corrected chi connectivity index (χ4v) is 0.716. The number of hydrogen-bond acceptors (Lipinski definition) is 2. The summed E-state index contributed by atoms with van der Waals surface area (Å²) in [6, 6.07) is 0. The van der Waals surface area contributed by atoms with Crippen LogP contribution in [0.15, 0.2) is 11.6 Å². The number of carbonyl (C=O) groups is 1. The van der Waals surface area contributed by atoms with Gasteiger partial charge in [0.25, 0.3) is 0 Å². The summed E-state index contributed by atoms with van der Waals surface area (Å²) in [4.78, 5) is 10.5. The van der Waals surface area contributed by atoms with Gasteiger partial charge in [-0.2, -0.15) is 0 Å². The highest BCUT2D eigenvalue weighted by Gasteiger charge is 2.16. The molecule has 8 heavy (non-hydrogen) atoms. The molecule has 0 unspecified atom stereocenters. The fourth-order valence-electron chi connectivity index (χ4n) is 0.716. The van der Waals surface area contributed by atoms with Crippen molar-refractivity contribution in [2.45, 2.75) is 20.0 Å². The van der Waals surface area contributed by atoms with Crippen molar-refractivity contribution in [1.82, 2.24) is 0 Å². The van der Waals surface area contributed by atoms with Crippen LogP contribution in [-0.4, -0.2) is 12.1 Å². The van der Waals surface area contributed by atoms with Crippen molar-refractivity contribution in [3.8, 4) is 0 Å². The Hall–Kier alpha value is -0.790. The molecule has 1 aliphatic heterocycles. The molecule has 0 radical (unpaired) electrons. The predicted molar refractivity (Wildman–Crippen MR) is 29.3 cm³/mol. The van der Waals surface area contributed by atoms with Gasteiger partial charge >= 0.3 is 5.97 Å². The minimum absolute atomic E-state index is 0.0116. The zero-order valence-corrected chi connectivity index (χ0v) is 4.97. The zero-order valence-electron chi connectivity index (χ0n) is 4.97. The SMILES string of the molecule is CC1=C[C@H](C)OC1=O. The van der Waals surface area contributed by atoms with Crippen molar-refractivity contribution in [3.05, 3.63) is 11.6 Å². The number of esters is 1. The standard InChI is InChI=1S/C6H8O2/c1-4-3-5(2)8-6(4)7/h3,5H,1-2H3/t5-/m0/s1. The first-order valence-corrected chi connectivity index (χ1v) is 2.59. The highest BCUT2D eigenvalue weighted by atomic mass is 16.5. The van der Waals surface area contributed by atoms with E-state index in [2.05, 4.69) is 0 Å². The van der Waals surface area contributed by atoms with Crippen molar-refractivity contribution in [2.24, 2.45) is 0 Å². The summed E-state index contributed by atoms with van der Waals surface area (Å²) in [5.41, 5.74) is 0.720. The van der Waals surface area contributed by atoms with Crippen LogP contribution in [0, 0.1) is 0 Å². The molecule has 0 bridgehead atoms.